The van der Waals surface area contributed by atoms with Crippen LogP contribution < -0.4 is 11.1 Å². The fourth-order valence-corrected chi connectivity index (χ4v) is 2.13. The Kier molecular flexibility index (Phi) is 3.69. The molecule has 2 rings (SSSR count). The highest BCUT2D eigenvalue weighted by Gasteiger charge is 2.33. The van der Waals surface area contributed by atoms with E-state index in [-0.39, 0.29) is 23.8 Å². The number of nitrogens with one attached hydrogen (secondary N) is 1. The number of alkyl carbamates (subject to hydrolysis) is 1. The van der Waals surface area contributed by atoms with Crippen molar-refractivity contribution in [3.05, 3.63) is 11.8 Å². The van der Waals surface area contributed by atoms with Gasteiger partial charge in [-0.25, -0.2) is 9.78 Å². The molecule has 0 unspecified atom stereocenters. The Morgan fingerprint density at radius 1 is 1.45 bits per heavy atom. The molecule has 0 saturated heterocycles. The van der Waals surface area contributed by atoms with Crippen LogP contribution in [0.1, 0.15) is 45.2 Å². The molecule has 1 amide bonds. The second-order valence-electron chi connectivity index (χ2n) is 6.02. The first-order valence-corrected chi connectivity index (χ1v) is 6.56. The summed E-state index contributed by atoms with van der Waals surface area (Å²) in [5.41, 5.74) is 5.69. The van der Waals surface area contributed by atoms with Gasteiger partial charge in [-0.1, -0.05) is 0 Å². The number of nitrogens with two attached hydrogens (primary N) is 1. The Hall–Kier alpha value is -2.05. The van der Waals surface area contributed by atoms with Crippen LogP contribution in [0.25, 0.3) is 0 Å². The van der Waals surface area contributed by atoms with E-state index in [9.17, 15) is 9.90 Å². The van der Waals surface area contributed by atoms with Crippen molar-refractivity contribution in [3.8, 4) is 5.88 Å². The maximum Gasteiger partial charge on any atom is 0.407 e. The maximum absolute atomic E-state index is 11.6. The molecule has 7 heteroatoms. The molecule has 1 heterocycles. The zero-order valence-corrected chi connectivity index (χ0v) is 11.9. The summed E-state index contributed by atoms with van der Waals surface area (Å²) in [4.78, 5) is 19.3. The summed E-state index contributed by atoms with van der Waals surface area (Å²) in [5.74, 6) is 0.103. The van der Waals surface area contributed by atoms with Crippen molar-refractivity contribution in [2.75, 3.05) is 5.73 Å². The van der Waals surface area contributed by atoms with Gasteiger partial charge in [0.15, 0.2) is 0 Å². The van der Waals surface area contributed by atoms with Gasteiger partial charge in [-0.05, 0) is 33.6 Å². The lowest BCUT2D eigenvalue weighted by Crippen LogP contribution is -2.45. The Labute approximate surface area is 117 Å². The van der Waals surface area contributed by atoms with Gasteiger partial charge in [0.25, 0.3) is 0 Å². The lowest BCUT2D eigenvalue weighted by molar-refractivity contribution is 0.0470. The number of hydrogen-bond acceptors (Lipinski definition) is 6. The van der Waals surface area contributed by atoms with Crippen LogP contribution in [0.4, 0.5) is 10.7 Å². The highest BCUT2D eigenvalue weighted by atomic mass is 16.6. The molecule has 110 valence electrons. The van der Waals surface area contributed by atoms with Crippen molar-refractivity contribution >= 4 is 12.0 Å². The van der Waals surface area contributed by atoms with Crippen molar-refractivity contribution in [2.45, 2.75) is 51.2 Å². The van der Waals surface area contributed by atoms with E-state index in [4.69, 9.17) is 10.5 Å². The van der Waals surface area contributed by atoms with E-state index in [2.05, 4.69) is 15.3 Å². The topological polar surface area (TPSA) is 110 Å². The number of hydrogen-bond donors (Lipinski definition) is 3. The number of carbonyl (C=O) groups is 1. The van der Waals surface area contributed by atoms with Gasteiger partial charge in [0.05, 0.1) is 5.69 Å². The first-order valence-electron chi connectivity index (χ1n) is 6.56. The van der Waals surface area contributed by atoms with Crippen molar-refractivity contribution < 1.29 is 14.6 Å². The van der Waals surface area contributed by atoms with E-state index in [1.165, 1.54) is 6.07 Å². The van der Waals surface area contributed by atoms with Gasteiger partial charge < -0.3 is 20.9 Å². The van der Waals surface area contributed by atoms with E-state index in [0.717, 1.165) is 12.8 Å². The molecule has 0 radical (unpaired) electrons. The van der Waals surface area contributed by atoms with Crippen LogP contribution in [-0.2, 0) is 4.74 Å². The van der Waals surface area contributed by atoms with E-state index >= 15 is 0 Å². The Morgan fingerprint density at radius 2 is 2.10 bits per heavy atom. The van der Waals surface area contributed by atoms with Crippen molar-refractivity contribution in [1.29, 1.82) is 0 Å². The molecule has 0 atom stereocenters. The van der Waals surface area contributed by atoms with Crippen LogP contribution in [-0.4, -0.2) is 32.8 Å². The van der Waals surface area contributed by atoms with Gasteiger partial charge in [0.1, 0.15) is 5.60 Å². The minimum atomic E-state index is -0.500. The standard InChI is InChI=1S/C13H20N4O3/c1-13(2,3)20-12(19)15-8-4-7(5-8)9-6-10(18)17-11(14)16-9/h6-8H,4-5H2,1-3H3,(H,15,19)(H3,14,16,17,18)/t7-,8-. The minimum absolute atomic E-state index is 0.0588. The first-order chi connectivity index (χ1) is 9.23. The van der Waals surface area contributed by atoms with E-state index in [0.29, 0.717) is 5.69 Å². The third-order valence-electron chi connectivity index (χ3n) is 3.03. The number of nitrogens with zero attached hydrogens (tertiary/aromatic N) is 2. The average molecular weight is 280 g/mol. The third-order valence-corrected chi connectivity index (χ3v) is 3.03. The van der Waals surface area contributed by atoms with Crippen molar-refractivity contribution in [3.63, 3.8) is 0 Å². The summed E-state index contributed by atoms with van der Waals surface area (Å²) in [5, 5.41) is 12.2. The van der Waals surface area contributed by atoms with Crippen LogP contribution in [0.2, 0.25) is 0 Å². The summed E-state index contributed by atoms with van der Waals surface area (Å²) < 4.78 is 5.19. The predicted molar refractivity (Wildman–Crippen MR) is 73.2 cm³/mol. The third kappa shape index (κ3) is 3.72. The second kappa shape index (κ2) is 5.15. The SMILES string of the molecule is CC(C)(C)OC(=O)N[C@H]1C[C@H](c2cc(O)nc(N)n2)C1. The largest absolute Gasteiger partial charge is 0.493 e. The summed E-state index contributed by atoms with van der Waals surface area (Å²) >= 11 is 0. The van der Waals surface area contributed by atoms with Crippen LogP contribution in [0.15, 0.2) is 6.07 Å². The molecule has 1 aliphatic carbocycles. The molecule has 1 aromatic heterocycles. The molecule has 0 spiro atoms. The second-order valence-corrected chi connectivity index (χ2v) is 6.02. The number of aromatic nitrogens is 2. The van der Waals surface area contributed by atoms with Crippen molar-refractivity contribution in [2.24, 2.45) is 0 Å². The van der Waals surface area contributed by atoms with Crippen molar-refractivity contribution in [1.82, 2.24) is 15.3 Å². The molecule has 0 aliphatic heterocycles. The fraction of sp³-hybridized carbons (Fsp3) is 0.615. The molecular formula is C13H20N4O3. The van der Waals surface area contributed by atoms with Gasteiger partial charge in [-0.3, -0.25) is 0 Å². The van der Waals surface area contributed by atoms with E-state index in [1.807, 2.05) is 20.8 Å². The summed E-state index contributed by atoms with van der Waals surface area (Å²) in [6.45, 7) is 5.47. The maximum atomic E-state index is 11.6. The number of anilines is 1. The van der Waals surface area contributed by atoms with E-state index in [1.54, 1.807) is 0 Å². The summed E-state index contributed by atoms with van der Waals surface area (Å²) in [7, 11) is 0. The quantitative estimate of drug-likeness (QED) is 0.757. The molecule has 0 bridgehead atoms. The van der Waals surface area contributed by atoms with Gasteiger partial charge in [0, 0.05) is 18.0 Å². The zero-order chi connectivity index (χ0) is 14.9. The van der Waals surface area contributed by atoms with Crippen LogP contribution in [0, 0.1) is 0 Å². The van der Waals surface area contributed by atoms with Gasteiger partial charge >= 0.3 is 6.09 Å². The van der Waals surface area contributed by atoms with Crippen LogP contribution in [0.3, 0.4) is 0 Å². The predicted octanol–water partition coefficient (Wildman–Crippen LogP) is 1.54. The molecular weight excluding hydrogens is 260 g/mol. The van der Waals surface area contributed by atoms with E-state index < -0.39 is 11.7 Å². The lowest BCUT2D eigenvalue weighted by Gasteiger charge is -2.35. The van der Waals surface area contributed by atoms with Gasteiger partial charge in [0.2, 0.25) is 11.8 Å². The molecule has 20 heavy (non-hydrogen) atoms. The van der Waals surface area contributed by atoms with Crippen LogP contribution >= 0.6 is 0 Å². The Balaban J connectivity index is 1.84. The van der Waals surface area contributed by atoms with Gasteiger partial charge in [-0.15, -0.1) is 0 Å². The number of nitrogen functional groups attached to an aromatic ring is 1. The smallest absolute Gasteiger partial charge is 0.407 e. The molecule has 1 fully saturated rings. The zero-order valence-electron chi connectivity index (χ0n) is 11.9. The molecule has 0 aromatic carbocycles. The Bertz CT molecular complexity index is 487. The number of rotatable bonds is 2. The fourth-order valence-electron chi connectivity index (χ4n) is 2.13. The average Bonchev–Trinajstić information content (AvgIpc) is 2.18. The highest BCUT2D eigenvalue weighted by Crippen LogP contribution is 2.37. The first kappa shape index (κ1) is 14.4. The Morgan fingerprint density at radius 3 is 2.65 bits per heavy atom. The molecule has 7 nitrogen and oxygen atoms in total. The molecule has 1 saturated carbocycles. The highest BCUT2D eigenvalue weighted by molar-refractivity contribution is 5.68. The van der Waals surface area contributed by atoms with Crippen LogP contribution in [0.5, 0.6) is 5.88 Å². The lowest BCUT2D eigenvalue weighted by atomic mass is 9.78. The summed E-state index contributed by atoms with van der Waals surface area (Å²) in [6, 6.07) is 1.57. The number of carbonyl (C=O) groups excluding carboxylic acids is 1. The molecule has 4 N–H and O–H groups in total. The molecule has 1 aromatic rings. The number of aromatic hydroxyl groups is 1. The monoisotopic (exact) mass is 280 g/mol. The summed E-state index contributed by atoms with van der Waals surface area (Å²) in [6.07, 6.45) is 1.08. The normalized spacial score (nSPS) is 21.9. The number of amides is 1. The molecule has 1 aliphatic rings. The minimum Gasteiger partial charge on any atom is -0.493 e. The number of ether oxygens (including phenoxy) is 1. The van der Waals surface area contributed by atoms with Gasteiger partial charge in [-0.2, -0.15) is 4.98 Å².